The molecule has 1 amide bonds. The topological polar surface area (TPSA) is 55.8 Å². The van der Waals surface area contributed by atoms with Crippen molar-refractivity contribution in [1.29, 1.82) is 0 Å². The fourth-order valence-corrected chi connectivity index (χ4v) is 3.22. The van der Waals surface area contributed by atoms with Gasteiger partial charge in [0, 0.05) is 6.54 Å². The van der Waals surface area contributed by atoms with Crippen LogP contribution in [0.5, 0.6) is 0 Å². The van der Waals surface area contributed by atoms with Gasteiger partial charge in [0.25, 0.3) is 0 Å². The van der Waals surface area contributed by atoms with E-state index in [1.54, 1.807) is 11.8 Å². The first-order valence-corrected chi connectivity index (χ1v) is 10.8. The molecule has 2 aromatic rings. The number of hydrogen-bond donors (Lipinski definition) is 0. The van der Waals surface area contributed by atoms with E-state index in [0.717, 1.165) is 16.9 Å². The largest absolute Gasteiger partial charge is 0.467 e. The second-order valence-electron chi connectivity index (χ2n) is 6.33. The molecule has 0 aromatic heterocycles. The molecule has 0 heterocycles. The third-order valence-corrected chi connectivity index (χ3v) is 4.94. The third kappa shape index (κ3) is 7.66. The van der Waals surface area contributed by atoms with Crippen molar-refractivity contribution in [2.75, 3.05) is 25.7 Å². The Labute approximate surface area is 176 Å². The highest BCUT2D eigenvalue weighted by Gasteiger charge is 2.30. The quantitative estimate of drug-likeness (QED) is 0.532. The minimum atomic E-state index is -0.698. The van der Waals surface area contributed by atoms with Crippen LogP contribution >= 0.6 is 11.8 Å². The predicted octanol–water partition coefficient (Wildman–Crippen LogP) is 4.63. The molecule has 6 heteroatoms. The van der Waals surface area contributed by atoms with Crippen molar-refractivity contribution in [3.05, 3.63) is 77.9 Å². The number of thioether (sulfide) groups is 1. The maximum absolute atomic E-state index is 12.8. The fraction of sp³-hybridized carbons (Fsp3) is 0.304. The Kier molecular flexibility index (Phi) is 9.86. The van der Waals surface area contributed by atoms with Gasteiger partial charge in [-0.1, -0.05) is 72.8 Å². The van der Waals surface area contributed by atoms with Crippen LogP contribution in [0.2, 0.25) is 0 Å². The van der Waals surface area contributed by atoms with Crippen LogP contribution in [0.25, 0.3) is 6.08 Å². The van der Waals surface area contributed by atoms with Crippen LogP contribution in [0.15, 0.2) is 66.7 Å². The molecule has 1 unspecified atom stereocenters. The number of nitrogens with zero attached hydrogens (tertiary/aromatic N) is 1. The highest BCUT2D eigenvalue weighted by atomic mass is 32.2. The lowest BCUT2D eigenvalue weighted by molar-refractivity contribution is -0.146. The van der Waals surface area contributed by atoms with E-state index in [1.165, 1.54) is 12.0 Å². The molecule has 29 heavy (non-hydrogen) atoms. The number of hydrogen-bond acceptors (Lipinski definition) is 5. The van der Waals surface area contributed by atoms with Gasteiger partial charge in [-0.2, -0.15) is 11.8 Å². The molecule has 5 nitrogen and oxygen atoms in total. The molecule has 2 aromatic carbocycles. The van der Waals surface area contributed by atoms with Crippen LogP contribution in [0.1, 0.15) is 17.5 Å². The first kappa shape index (κ1) is 22.6. The molecular formula is C23H27NO4S. The van der Waals surface area contributed by atoms with Crippen LogP contribution in [0, 0.1) is 0 Å². The standard InChI is InChI=1S/C23H27NO4S/c1-27-22(25)21(15-17-29-2)24(16-9-14-19-10-5-3-6-11-19)23(26)28-18-20-12-7-4-8-13-20/h3-14,21H,15-18H2,1-2H3/b14-9+. The van der Waals surface area contributed by atoms with Gasteiger partial charge in [-0.3, -0.25) is 4.90 Å². The number of ether oxygens (including phenoxy) is 2. The van der Waals surface area contributed by atoms with E-state index in [9.17, 15) is 9.59 Å². The number of amides is 1. The van der Waals surface area contributed by atoms with Crippen LogP contribution in [-0.2, 0) is 20.9 Å². The number of carbonyl (C=O) groups is 2. The van der Waals surface area contributed by atoms with Gasteiger partial charge in [-0.15, -0.1) is 0 Å². The summed E-state index contributed by atoms with van der Waals surface area (Å²) in [6.45, 7) is 0.395. The molecular weight excluding hydrogens is 386 g/mol. The second-order valence-corrected chi connectivity index (χ2v) is 7.31. The van der Waals surface area contributed by atoms with Gasteiger partial charge in [0.05, 0.1) is 7.11 Å². The Morgan fingerprint density at radius 2 is 1.72 bits per heavy atom. The summed E-state index contributed by atoms with van der Waals surface area (Å²) < 4.78 is 10.4. The highest BCUT2D eigenvalue weighted by molar-refractivity contribution is 7.98. The Morgan fingerprint density at radius 3 is 2.34 bits per heavy atom. The maximum Gasteiger partial charge on any atom is 0.411 e. The predicted molar refractivity (Wildman–Crippen MR) is 118 cm³/mol. The Balaban J connectivity index is 2.13. The Morgan fingerprint density at radius 1 is 1.07 bits per heavy atom. The number of methoxy groups -OCH3 is 1. The van der Waals surface area contributed by atoms with E-state index in [2.05, 4.69) is 0 Å². The summed E-state index contributed by atoms with van der Waals surface area (Å²) in [5.74, 6) is 0.286. The summed E-state index contributed by atoms with van der Waals surface area (Å²) in [5.41, 5.74) is 1.91. The summed E-state index contributed by atoms with van der Waals surface area (Å²) in [6, 6.07) is 18.5. The van der Waals surface area contributed by atoms with E-state index >= 15 is 0 Å². The number of esters is 1. The smallest absolute Gasteiger partial charge is 0.411 e. The summed E-state index contributed by atoms with van der Waals surface area (Å²) >= 11 is 1.61. The number of benzene rings is 2. The monoisotopic (exact) mass is 413 g/mol. The molecule has 0 spiro atoms. The third-order valence-electron chi connectivity index (χ3n) is 4.30. The van der Waals surface area contributed by atoms with Gasteiger partial charge in [0.2, 0.25) is 0 Å². The zero-order valence-corrected chi connectivity index (χ0v) is 17.6. The summed E-state index contributed by atoms with van der Waals surface area (Å²) in [7, 11) is 1.34. The van der Waals surface area contributed by atoms with E-state index < -0.39 is 18.1 Å². The van der Waals surface area contributed by atoms with Crippen molar-refractivity contribution < 1.29 is 19.1 Å². The van der Waals surface area contributed by atoms with Gasteiger partial charge in [0.1, 0.15) is 12.6 Å². The van der Waals surface area contributed by atoms with E-state index in [1.807, 2.05) is 79.1 Å². The lowest BCUT2D eigenvalue weighted by Crippen LogP contribution is -2.46. The minimum absolute atomic E-state index is 0.148. The average Bonchev–Trinajstić information content (AvgIpc) is 2.77. The molecule has 0 bridgehead atoms. The molecule has 0 aliphatic rings. The molecule has 0 aliphatic heterocycles. The second kappa shape index (κ2) is 12.7. The number of rotatable bonds is 10. The molecule has 154 valence electrons. The minimum Gasteiger partial charge on any atom is -0.467 e. The van der Waals surface area contributed by atoms with Crippen molar-refractivity contribution in [2.24, 2.45) is 0 Å². The van der Waals surface area contributed by atoms with Crippen LogP contribution in [0.3, 0.4) is 0 Å². The van der Waals surface area contributed by atoms with Gasteiger partial charge in [-0.25, -0.2) is 9.59 Å². The molecule has 0 aliphatic carbocycles. The lowest BCUT2D eigenvalue weighted by atomic mass is 10.2. The summed E-state index contributed by atoms with van der Waals surface area (Å²) in [5, 5.41) is 0. The van der Waals surface area contributed by atoms with Gasteiger partial charge in [-0.05, 0) is 29.6 Å². The molecule has 1 atom stereocenters. The zero-order chi connectivity index (χ0) is 20.9. The van der Waals surface area contributed by atoms with Crippen LogP contribution in [-0.4, -0.2) is 48.7 Å². The molecule has 0 radical (unpaired) electrons. The molecule has 2 rings (SSSR count). The van der Waals surface area contributed by atoms with Crippen LogP contribution in [0.4, 0.5) is 4.79 Å². The first-order chi connectivity index (χ1) is 14.2. The Hall–Kier alpha value is -2.73. The van der Waals surface area contributed by atoms with Crippen molar-refractivity contribution in [3.63, 3.8) is 0 Å². The van der Waals surface area contributed by atoms with Gasteiger partial charge in [0.15, 0.2) is 0 Å². The van der Waals surface area contributed by atoms with Crippen LogP contribution < -0.4 is 0 Å². The van der Waals surface area contributed by atoms with Crippen molar-refractivity contribution >= 4 is 29.9 Å². The van der Waals surface area contributed by atoms with Crippen molar-refractivity contribution in [2.45, 2.75) is 19.1 Å². The molecule has 0 saturated heterocycles. The first-order valence-electron chi connectivity index (χ1n) is 9.41. The zero-order valence-electron chi connectivity index (χ0n) is 16.8. The lowest BCUT2D eigenvalue weighted by Gasteiger charge is -2.28. The fourth-order valence-electron chi connectivity index (χ4n) is 2.76. The molecule has 0 fully saturated rings. The maximum atomic E-state index is 12.8. The summed E-state index contributed by atoms with van der Waals surface area (Å²) in [6.07, 6.45) is 5.69. The van der Waals surface area contributed by atoms with E-state index in [4.69, 9.17) is 9.47 Å². The average molecular weight is 414 g/mol. The highest BCUT2D eigenvalue weighted by Crippen LogP contribution is 2.14. The SMILES string of the molecule is COC(=O)C(CCSC)N(C/C=C/c1ccccc1)C(=O)OCc1ccccc1. The van der Waals surface area contributed by atoms with Gasteiger partial charge >= 0.3 is 12.1 Å². The van der Waals surface area contributed by atoms with Crippen molar-refractivity contribution in [1.82, 2.24) is 4.90 Å². The Bertz CT molecular complexity index is 780. The van der Waals surface area contributed by atoms with E-state index in [-0.39, 0.29) is 13.2 Å². The molecule has 0 N–H and O–H groups in total. The van der Waals surface area contributed by atoms with Crippen molar-refractivity contribution in [3.8, 4) is 0 Å². The normalized spacial score (nSPS) is 11.8. The summed E-state index contributed by atoms with van der Waals surface area (Å²) in [4.78, 5) is 26.6. The molecule has 0 saturated carbocycles. The van der Waals surface area contributed by atoms with E-state index in [0.29, 0.717) is 6.42 Å². The number of carbonyl (C=O) groups excluding carboxylic acids is 2. The van der Waals surface area contributed by atoms with Gasteiger partial charge < -0.3 is 9.47 Å².